The number of benzene rings is 2. The largest absolute Gasteiger partial charge is 0.493 e. The molecular weight excluding hydrogens is 454 g/mol. The normalized spacial score (nSPS) is 21.5. The number of nitrogens with zero attached hydrogens (tertiary/aromatic N) is 1. The van der Waals surface area contributed by atoms with Crippen LogP contribution in [0.5, 0.6) is 11.5 Å². The summed E-state index contributed by atoms with van der Waals surface area (Å²) < 4.78 is 16.5. The molecule has 2 aromatic carbocycles. The molecule has 0 N–H and O–H groups in total. The van der Waals surface area contributed by atoms with Crippen LogP contribution in [0.4, 0.5) is 0 Å². The highest BCUT2D eigenvalue weighted by molar-refractivity contribution is 6.09. The topological polar surface area (TPSA) is 74.2 Å². The van der Waals surface area contributed by atoms with Crippen molar-refractivity contribution in [3.8, 4) is 11.5 Å². The lowest BCUT2D eigenvalue weighted by molar-refractivity contribution is -0.146. The van der Waals surface area contributed by atoms with Crippen molar-refractivity contribution in [3.63, 3.8) is 0 Å². The van der Waals surface area contributed by atoms with E-state index in [2.05, 4.69) is 6.92 Å². The van der Waals surface area contributed by atoms with Gasteiger partial charge in [-0.15, -0.1) is 0 Å². The van der Waals surface area contributed by atoms with E-state index in [1.54, 1.807) is 14.2 Å². The summed E-state index contributed by atoms with van der Waals surface area (Å²) in [5.74, 6) is -0.0172. The van der Waals surface area contributed by atoms with Gasteiger partial charge in [-0.05, 0) is 61.4 Å². The predicted octanol–water partition coefficient (Wildman–Crippen LogP) is 5.93. The van der Waals surface area contributed by atoms with Crippen LogP contribution in [0.25, 0.3) is 0 Å². The maximum absolute atomic E-state index is 13.8. The first-order valence-corrected chi connectivity index (χ1v) is 12.6. The van der Waals surface area contributed by atoms with Gasteiger partial charge in [0.15, 0.2) is 17.3 Å². The highest BCUT2D eigenvalue weighted by Gasteiger charge is 2.45. The molecule has 2 aromatic rings. The molecule has 1 aliphatic carbocycles. The highest BCUT2D eigenvalue weighted by atomic mass is 16.5. The molecule has 3 atom stereocenters. The van der Waals surface area contributed by atoms with Crippen LogP contribution in [0, 0.1) is 12.8 Å². The Morgan fingerprint density at radius 1 is 1.03 bits per heavy atom. The van der Waals surface area contributed by atoms with E-state index in [1.807, 2.05) is 56.3 Å². The van der Waals surface area contributed by atoms with Gasteiger partial charge in [-0.1, -0.05) is 43.7 Å². The quantitative estimate of drug-likeness (QED) is 0.339. The third-order valence-electron chi connectivity index (χ3n) is 7.29. The summed E-state index contributed by atoms with van der Waals surface area (Å²) in [5, 5.41) is 0. The molecule has 36 heavy (non-hydrogen) atoms. The van der Waals surface area contributed by atoms with Crippen LogP contribution in [0.3, 0.4) is 0 Å². The Morgan fingerprint density at radius 3 is 2.47 bits per heavy atom. The number of hydrogen-bond acceptors (Lipinski definition) is 6. The Hall–Kier alpha value is -3.41. The van der Waals surface area contributed by atoms with Crippen molar-refractivity contribution in [1.29, 1.82) is 0 Å². The van der Waals surface area contributed by atoms with Gasteiger partial charge >= 0.3 is 5.97 Å². The van der Waals surface area contributed by atoms with Gasteiger partial charge in [-0.3, -0.25) is 14.6 Å². The minimum Gasteiger partial charge on any atom is -0.493 e. The van der Waals surface area contributed by atoms with Gasteiger partial charge in [-0.2, -0.15) is 0 Å². The number of ether oxygens (including phenoxy) is 3. The Balaban J connectivity index is 1.75. The predicted molar refractivity (Wildman–Crippen MR) is 140 cm³/mol. The SMILES string of the molecule is CCCCOC(=O)C1C(C)=NC2=C(C(=O)C[C@H](c3ccc(OC)c(OC)c3)C2)[C@H]1c1ccccc1C. The number of unbranched alkanes of at least 4 members (excludes halogenated alkanes) is 1. The lowest BCUT2D eigenvalue weighted by Crippen LogP contribution is -2.38. The molecule has 0 bridgehead atoms. The number of carbonyl (C=O) groups excluding carboxylic acids is 2. The van der Waals surface area contributed by atoms with Crippen molar-refractivity contribution in [2.45, 2.75) is 58.3 Å². The lowest BCUT2D eigenvalue weighted by Gasteiger charge is -2.37. The van der Waals surface area contributed by atoms with Gasteiger partial charge in [0.05, 0.1) is 20.8 Å². The first kappa shape index (κ1) is 25.7. The molecule has 190 valence electrons. The fourth-order valence-corrected chi connectivity index (χ4v) is 5.39. The van der Waals surface area contributed by atoms with Crippen LogP contribution in [0.1, 0.15) is 68.1 Å². The van der Waals surface area contributed by atoms with Crippen molar-refractivity contribution in [2.75, 3.05) is 20.8 Å². The van der Waals surface area contributed by atoms with Crippen LogP contribution in [0.15, 0.2) is 58.7 Å². The number of allylic oxidation sites excluding steroid dienone is 2. The summed E-state index contributed by atoms with van der Waals surface area (Å²) in [7, 11) is 3.21. The number of ketones is 1. The molecule has 0 fully saturated rings. The molecule has 0 amide bonds. The third kappa shape index (κ3) is 4.95. The molecule has 6 nitrogen and oxygen atoms in total. The molecular formula is C30H35NO5. The maximum atomic E-state index is 13.8. The molecule has 0 aromatic heterocycles. The second kappa shape index (κ2) is 11.1. The number of esters is 1. The van der Waals surface area contributed by atoms with Gasteiger partial charge < -0.3 is 14.2 Å². The summed E-state index contributed by atoms with van der Waals surface area (Å²) >= 11 is 0. The summed E-state index contributed by atoms with van der Waals surface area (Å²) in [5.41, 5.74) is 5.16. The highest BCUT2D eigenvalue weighted by Crippen LogP contribution is 2.48. The van der Waals surface area contributed by atoms with Gasteiger partial charge in [0.2, 0.25) is 0 Å². The monoisotopic (exact) mass is 489 g/mol. The van der Waals surface area contributed by atoms with Crippen LogP contribution >= 0.6 is 0 Å². The second-order valence-electron chi connectivity index (χ2n) is 9.59. The number of Topliss-reactive ketones (excluding diaryl/α,β-unsaturated/α-hetero) is 1. The van der Waals surface area contributed by atoms with Crippen LogP contribution in [-0.2, 0) is 14.3 Å². The molecule has 2 aliphatic rings. The van der Waals surface area contributed by atoms with Gasteiger partial charge in [0.1, 0.15) is 5.92 Å². The van der Waals surface area contributed by atoms with E-state index >= 15 is 0 Å². The zero-order chi connectivity index (χ0) is 25.8. The molecule has 4 rings (SSSR count). The minimum atomic E-state index is -0.608. The van der Waals surface area contributed by atoms with Gasteiger partial charge in [-0.25, -0.2) is 0 Å². The van der Waals surface area contributed by atoms with Gasteiger partial charge in [0.25, 0.3) is 0 Å². The first-order chi connectivity index (χ1) is 17.4. The Morgan fingerprint density at radius 2 is 1.78 bits per heavy atom. The Bertz CT molecular complexity index is 1210. The third-order valence-corrected chi connectivity index (χ3v) is 7.29. The van der Waals surface area contributed by atoms with E-state index in [0.717, 1.165) is 35.2 Å². The number of rotatable bonds is 8. The van der Waals surface area contributed by atoms with E-state index in [9.17, 15) is 9.59 Å². The van der Waals surface area contributed by atoms with Crippen LogP contribution in [-0.4, -0.2) is 38.3 Å². The summed E-state index contributed by atoms with van der Waals surface area (Å²) in [6.45, 7) is 6.34. The lowest BCUT2D eigenvalue weighted by atomic mass is 9.68. The molecule has 0 radical (unpaired) electrons. The molecule has 0 saturated heterocycles. The average molecular weight is 490 g/mol. The number of carbonyl (C=O) groups is 2. The summed E-state index contributed by atoms with van der Waals surface area (Å²) in [6.07, 6.45) is 2.72. The average Bonchev–Trinajstić information content (AvgIpc) is 2.87. The van der Waals surface area contributed by atoms with E-state index in [4.69, 9.17) is 19.2 Å². The molecule has 0 spiro atoms. The molecule has 1 unspecified atom stereocenters. The van der Waals surface area contributed by atoms with Gasteiger partial charge in [0, 0.05) is 29.3 Å². The van der Waals surface area contributed by atoms with Crippen molar-refractivity contribution in [3.05, 3.63) is 70.4 Å². The van der Waals surface area contributed by atoms with E-state index in [1.165, 1.54) is 0 Å². The number of aryl methyl sites for hydroxylation is 1. The summed E-state index contributed by atoms with van der Waals surface area (Å²) in [4.78, 5) is 32.0. The molecule has 6 heteroatoms. The zero-order valence-corrected chi connectivity index (χ0v) is 21.8. The van der Waals surface area contributed by atoms with Crippen LogP contribution < -0.4 is 9.47 Å². The molecule has 0 saturated carbocycles. The van der Waals surface area contributed by atoms with Crippen molar-refractivity contribution in [1.82, 2.24) is 0 Å². The second-order valence-corrected chi connectivity index (χ2v) is 9.59. The number of methoxy groups -OCH3 is 2. The van der Waals surface area contributed by atoms with Crippen molar-refractivity contribution < 1.29 is 23.8 Å². The first-order valence-electron chi connectivity index (χ1n) is 12.6. The zero-order valence-electron chi connectivity index (χ0n) is 21.8. The minimum absolute atomic E-state index is 0.0295. The van der Waals surface area contributed by atoms with Crippen molar-refractivity contribution in [2.24, 2.45) is 10.9 Å². The molecule has 1 heterocycles. The van der Waals surface area contributed by atoms with E-state index in [-0.39, 0.29) is 17.7 Å². The molecule has 1 aliphatic heterocycles. The maximum Gasteiger partial charge on any atom is 0.315 e. The Kier molecular flexibility index (Phi) is 7.92. The van der Waals surface area contributed by atoms with E-state index < -0.39 is 11.8 Å². The number of aliphatic imine (C=N–C) groups is 1. The standard InChI is InChI=1S/C30H35NO5/c1-6-7-14-36-30(33)27-19(3)31-23-15-21(20-12-13-25(34-4)26(17-20)35-5)16-24(32)29(23)28(27)22-11-9-8-10-18(22)2/h8-13,17,21,27-28H,6-7,14-16H2,1-5H3/t21-,27?,28+/m1/s1. The Labute approximate surface area is 213 Å². The fraction of sp³-hybridized carbons (Fsp3) is 0.433. The van der Waals surface area contributed by atoms with Crippen LogP contribution in [0.2, 0.25) is 0 Å². The summed E-state index contributed by atoms with van der Waals surface area (Å²) in [6, 6.07) is 13.8. The van der Waals surface area contributed by atoms with Crippen molar-refractivity contribution >= 4 is 17.5 Å². The fourth-order valence-electron chi connectivity index (χ4n) is 5.39. The number of hydrogen-bond donors (Lipinski definition) is 0. The van der Waals surface area contributed by atoms with E-state index in [0.29, 0.717) is 42.2 Å². The smallest absolute Gasteiger partial charge is 0.315 e.